The number of aryl methyl sites for hydroxylation is 1. The van der Waals surface area contributed by atoms with Crippen LogP contribution in [-0.2, 0) is 6.54 Å². The number of hydrazine groups is 1. The van der Waals surface area contributed by atoms with Gasteiger partial charge in [-0.3, -0.25) is 20.3 Å². The van der Waals surface area contributed by atoms with Crippen molar-refractivity contribution in [1.82, 2.24) is 30.7 Å². The monoisotopic (exact) mass is 374 g/mol. The van der Waals surface area contributed by atoms with Crippen LogP contribution in [0.1, 0.15) is 74.7 Å². The summed E-state index contributed by atoms with van der Waals surface area (Å²) in [6, 6.07) is 0.888. The summed E-state index contributed by atoms with van der Waals surface area (Å²) >= 11 is 0. The SMILES string of the molecule is CN(CC1NNC2CCCCC21)C(=O)c1cn(CCC2CCCCC2)nn1. The standard InChI is InChI=1S/C20H34N6O/c1-25(13-18-16-9-5-6-10-17(16)21-22-18)20(27)19-14-26(24-23-19)12-11-15-7-3-2-4-8-15/h14-18,21-22H,2-13H2,1H3. The molecule has 2 aliphatic carbocycles. The molecule has 0 bridgehead atoms. The number of carbonyl (C=O) groups is 1. The van der Waals surface area contributed by atoms with Gasteiger partial charge in [-0.15, -0.1) is 5.10 Å². The van der Waals surface area contributed by atoms with Crippen LogP contribution < -0.4 is 10.9 Å². The van der Waals surface area contributed by atoms with E-state index in [2.05, 4.69) is 21.2 Å². The Labute approximate surface area is 162 Å². The Bertz CT molecular complexity index is 626. The lowest BCUT2D eigenvalue weighted by Crippen LogP contribution is -2.43. The molecule has 7 heteroatoms. The quantitative estimate of drug-likeness (QED) is 0.799. The van der Waals surface area contributed by atoms with Crippen LogP contribution in [-0.4, -0.2) is 51.5 Å². The number of nitrogens with zero attached hydrogens (tertiary/aromatic N) is 4. The smallest absolute Gasteiger partial charge is 0.275 e. The molecule has 3 aliphatic rings. The zero-order chi connectivity index (χ0) is 18.6. The maximum Gasteiger partial charge on any atom is 0.275 e. The second-order valence-electron chi connectivity index (χ2n) is 8.80. The molecule has 3 atom stereocenters. The molecule has 2 saturated carbocycles. The number of fused-ring (bicyclic) bond motifs is 1. The number of hydrogen-bond donors (Lipinski definition) is 2. The summed E-state index contributed by atoms with van der Waals surface area (Å²) in [6.45, 7) is 1.58. The molecule has 4 rings (SSSR count). The van der Waals surface area contributed by atoms with Gasteiger partial charge in [0.15, 0.2) is 5.69 Å². The number of amides is 1. The predicted molar refractivity (Wildman–Crippen MR) is 104 cm³/mol. The van der Waals surface area contributed by atoms with Crippen molar-refractivity contribution in [3.63, 3.8) is 0 Å². The highest BCUT2D eigenvalue weighted by Gasteiger charge is 2.38. The second kappa shape index (κ2) is 8.69. The van der Waals surface area contributed by atoms with Gasteiger partial charge in [-0.1, -0.05) is 50.2 Å². The van der Waals surface area contributed by atoms with Crippen LogP contribution in [0.25, 0.3) is 0 Å². The highest BCUT2D eigenvalue weighted by molar-refractivity contribution is 5.91. The second-order valence-corrected chi connectivity index (χ2v) is 8.80. The number of carbonyl (C=O) groups excluding carboxylic acids is 1. The zero-order valence-corrected chi connectivity index (χ0v) is 16.6. The number of nitrogens with one attached hydrogen (secondary N) is 2. The molecule has 1 aromatic rings. The third-order valence-corrected chi connectivity index (χ3v) is 6.86. The van der Waals surface area contributed by atoms with Crippen molar-refractivity contribution < 1.29 is 4.79 Å². The summed E-state index contributed by atoms with van der Waals surface area (Å²) in [6.07, 6.45) is 14.9. The van der Waals surface area contributed by atoms with Crippen LogP contribution in [0.3, 0.4) is 0 Å². The summed E-state index contributed by atoms with van der Waals surface area (Å²) in [5.74, 6) is 1.41. The van der Waals surface area contributed by atoms with Gasteiger partial charge < -0.3 is 4.90 Å². The fraction of sp³-hybridized carbons (Fsp3) is 0.850. The molecule has 3 fully saturated rings. The molecule has 1 saturated heterocycles. The molecular formula is C20H34N6O. The molecule has 2 heterocycles. The molecule has 1 amide bonds. The molecule has 27 heavy (non-hydrogen) atoms. The minimum Gasteiger partial charge on any atom is -0.339 e. The van der Waals surface area contributed by atoms with Gasteiger partial charge in [0.05, 0.1) is 6.20 Å². The van der Waals surface area contributed by atoms with E-state index in [1.807, 2.05) is 17.9 Å². The van der Waals surface area contributed by atoms with E-state index in [4.69, 9.17) is 0 Å². The normalized spacial score (nSPS) is 28.9. The zero-order valence-electron chi connectivity index (χ0n) is 16.6. The Kier molecular flexibility index (Phi) is 6.08. The number of rotatable bonds is 6. The van der Waals surface area contributed by atoms with Gasteiger partial charge in [0, 0.05) is 32.2 Å². The molecule has 2 N–H and O–H groups in total. The van der Waals surface area contributed by atoms with Gasteiger partial charge in [-0.25, -0.2) is 0 Å². The van der Waals surface area contributed by atoms with Crippen LogP contribution in [0.2, 0.25) is 0 Å². The fourth-order valence-corrected chi connectivity index (χ4v) is 5.19. The van der Waals surface area contributed by atoms with Gasteiger partial charge in [0.1, 0.15) is 0 Å². The van der Waals surface area contributed by atoms with E-state index in [0.29, 0.717) is 30.2 Å². The summed E-state index contributed by atoms with van der Waals surface area (Å²) in [7, 11) is 1.88. The first kappa shape index (κ1) is 18.9. The Morgan fingerprint density at radius 2 is 1.93 bits per heavy atom. The Morgan fingerprint density at radius 3 is 2.78 bits per heavy atom. The van der Waals surface area contributed by atoms with E-state index >= 15 is 0 Å². The first-order valence-corrected chi connectivity index (χ1v) is 10.9. The van der Waals surface area contributed by atoms with Crippen molar-refractivity contribution in [2.24, 2.45) is 11.8 Å². The molecule has 3 unspecified atom stereocenters. The maximum atomic E-state index is 12.8. The third-order valence-electron chi connectivity index (χ3n) is 6.86. The van der Waals surface area contributed by atoms with E-state index in [1.165, 1.54) is 57.8 Å². The van der Waals surface area contributed by atoms with Crippen LogP contribution in [0.5, 0.6) is 0 Å². The fourth-order valence-electron chi connectivity index (χ4n) is 5.19. The van der Waals surface area contributed by atoms with Gasteiger partial charge in [-0.2, -0.15) is 0 Å². The van der Waals surface area contributed by atoms with E-state index in [1.54, 1.807) is 4.90 Å². The summed E-state index contributed by atoms with van der Waals surface area (Å²) in [5, 5.41) is 8.34. The minimum absolute atomic E-state index is 0.0278. The molecular weight excluding hydrogens is 340 g/mol. The van der Waals surface area contributed by atoms with E-state index < -0.39 is 0 Å². The summed E-state index contributed by atoms with van der Waals surface area (Å²) in [4.78, 5) is 14.6. The topological polar surface area (TPSA) is 75.1 Å². The Morgan fingerprint density at radius 1 is 1.15 bits per heavy atom. The molecule has 0 radical (unpaired) electrons. The lowest BCUT2D eigenvalue weighted by atomic mass is 9.81. The Hall–Kier alpha value is -1.47. The van der Waals surface area contributed by atoms with Crippen LogP contribution in [0, 0.1) is 11.8 Å². The maximum absolute atomic E-state index is 12.8. The third kappa shape index (κ3) is 4.51. The van der Waals surface area contributed by atoms with Crippen molar-refractivity contribution in [2.75, 3.05) is 13.6 Å². The molecule has 1 aliphatic heterocycles. The molecule has 7 nitrogen and oxygen atoms in total. The highest BCUT2D eigenvalue weighted by atomic mass is 16.2. The first-order valence-electron chi connectivity index (χ1n) is 10.9. The van der Waals surface area contributed by atoms with E-state index in [0.717, 1.165) is 18.9 Å². The summed E-state index contributed by atoms with van der Waals surface area (Å²) in [5.41, 5.74) is 7.30. The van der Waals surface area contributed by atoms with Gasteiger partial charge in [0.25, 0.3) is 5.91 Å². The van der Waals surface area contributed by atoms with Crippen molar-refractivity contribution in [2.45, 2.75) is 82.8 Å². The highest BCUT2D eigenvalue weighted by Crippen LogP contribution is 2.30. The molecule has 0 spiro atoms. The first-order chi connectivity index (χ1) is 13.2. The average Bonchev–Trinajstić information content (AvgIpc) is 3.34. The van der Waals surface area contributed by atoms with Gasteiger partial charge >= 0.3 is 0 Å². The molecule has 0 aromatic carbocycles. The Balaban J connectivity index is 1.28. The van der Waals surface area contributed by atoms with Crippen LogP contribution >= 0.6 is 0 Å². The number of aromatic nitrogens is 3. The summed E-state index contributed by atoms with van der Waals surface area (Å²) < 4.78 is 1.85. The minimum atomic E-state index is -0.0278. The van der Waals surface area contributed by atoms with E-state index in [-0.39, 0.29) is 5.91 Å². The van der Waals surface area contributed by atoms with Gasteiger partial charge in [0.2, 0.25) is 0 Å². The van der Waals surface area contributed by atoms with Crippen molar-refractivity contribution in [3.05, 3.63) is 11.9 Å². The predicted octanol–water partition coefficient (Wildman–Crippen LogP) is 2.36. The lowest BCUT2D eigenvalue weighted by molar-refractivity contribution is 0.0766. The van der Waals surface area contributed by atoms with Crippen molar-refractivity contribution in [1.29, 1.82) is 0 Å². The molecule has 150 valence electrons. The van der Waals surface area contributed by atoms with E-state index in [9.17, 15) is 4.79 Å². The largest absolute Gasteiger partial charge is 0.339 e. The number of likely N-dealkylation sites (N-methyl/N-ethyl adjacent to an activating group) is 1. The van der Waals surface area contributed by atoms with Crippen LogP contribution in [0.15, 0.2) is 6.20 Å². The van der Waals surface area contributed by atoms with Crippen molar-refractivity contribution in [3.8, 4) is 0 Å². The number of hydrogen-bond acceptors (Lipinski definition) is 5. The lowest BCUT2D eigenvalue weighted by Gasteiger charge is -2.29. The van der Waals surface area contributed by atoms with Crippen LogP contribution in [0.4, 0.5) is 0 Å². The molecule has 1 aromatic heterocycles. The average molecular weight is 375 g/mol. The van der Waals surface area contributed by atoms with Crippen molar-refractivity contribution >= 4 is 5.91 Å². The van der Waals surface area contributed by atoms with Gasteiger partial charge in [-0.05, 0) is 31.1 Å².